The lowest BCUT2D eigenvalue weighted by molar-refractivity contribution is 0.0602. The van der Waals surface area contributed by atoms with E-state index >= 15 is 0 Å². The number of hydrogen-bond acceptors (Lipinski definition) is 8. The molecule has 0 spiro atoms. The molecule has 0 aromatic carbocycles. The Kier molecular flexibility index (Phi) is 4.84. The maximum Gasteiger partial charge on any atom is 0.409 e. The summed E-state index contributed by atoms with van der Waals surface area (Å²) < 4.78 is 13.7. The lowest BCUT2D eigenvalue weighted by Crippen LogP contribution is -2.49. The largest absolute Gasteiger partial charge is 0.465 e. The number of hydrogen-bond donors (Lipinski definition) is 1. The van der Waals surface area contributed by atoms with Crippen molar-refractivity contribution in [2.24, 2.45) is 0 Å². The molecule has 1 saturated heterocycles. The van der Waals surface area contributed by atoms with Gasteiger partial charge in [-0.15, -0.1) is 0 Å². The minimum absolute atomic E-state index is 0.176. The molecule has 0 bridgehead atoms. The number of aromatic nitrogens is 1. The van der Waals surface area contributed by atoms with Crippen molar-refractivity contribution in [2.45, 2.75) is 6.92 Å². The Bertz CT molecular complexity index is 525. The van der Waals surface area contributed by atoms with Crippen molar-refractivity contribution in [1.82, 2.24) is 9.27 Å². The van der Waals surface area contributed by atoms with Crippen LogP contribution in [0.3, 0.4) is 0 Å². The van der Waals surface area contributed by atoms with Gasteiger partial charge in [0.15, 0.2) is 5.82 Å². The molecule has 8 nitrogen and oxygen atoms in total. The Morgan fingerprint density at radius 1 is 1.33 bits per heavy atom. The zero-order valence-corrected chi connectivity index (χ0v) is 12.8. The summed E-state index contributed by atoms with van der Waals surface area (Å²) in [5.41, 5.74) is 6.03. The standard InChI is InChI=1S/C12H18N4O4S/c1-3-20-12(18)16-6-4-15(5-7-16)10-8(11(17)19-2)9(13)14-21-10/h3-7H2,1-2H3,(H2,13,14). The van der Waals surface area contributed by atoms with Crippen LogP contribution in [0.2, 0.25) is 0 Å². The van der Waals surface area contributed by atoms with Crippen LogP contribution in [-0.2, 0) is 9.47 Å². The van der Waals surface area contributed by atoms with Crippen molar-refractivity contribution in [2.75, 3.05) is 50.5 Å². The molecule has 0 unspecified atom stereocenters. The number of ether oxygens (including phenoxy) is 2. The van der Waals surface area contributed by atoms with Crippen LogP contribution in [0, 0.1) is 0 Å². The molecule has 1 aliphatic heterocycles. The Labute approximate surface area is 126 Å². The number of nitrogen functional groups attached to an aromatic ring is 1. The van der Waals surface area contributed by atoms with Crippen molar-refractivity contribution in [3.63, 3.8) is 0 Å². The highest BCUT2D eigenvalue weighted by Gasteiger charge is 2.28. The van der Waals surface area contributed by atoms with Crippen molar-refractivity contribution < 1.29 is 19.1 Å². The third-order valence-corrected chi connectivity index (χ3v) is 4.11. The van der Waals surface area contributed by atoms with Gasteiger partial charge in [0.1, 0.15) is 10.6 Å². The summed E-state index contributed by atoms with van der Waals surface area (Å²) in [5.74, 6) is -0.321. The van der Waals surface area contributed by atoms with Gasteiger partial charge < -0.3 is 25.0 Å². The topological polar surface area (TPSA) is 98.0 Å². The van der Waals surface area contributed by atoms with Crippen LogP contribution in [0.5, 0.6) is 0 Å². The molecule has 21 heavy (non-hydrogen) atoms. The number of carbonyl (C=O) groups is 2. The molecule has 0 atom stereocenters. The molecular formula is C12H18N4O4S. The minimum Gasteiger partial charge on any atom is -0.465 e. The minimum atomic E-state index is -0.496. The summed E-state index contributed by atoms with van der Waals surface area (Å²) in [5, 5.41) is 0.683. The highest BCUT2D eigenvalue weighted by atomic mass is 32.1. The van der Waals surface area contributed by atoms with Gasteiger partial charge in [-0.25, -0.2) is 9.59 Å². The van der Waals surface area contributed by atoms with Crippen LogP contribution in [0.15, 0.2) is 0 Å². The van der Waals surface area contributed by atoms with Crippen molar-refractivity contribution >= 4 is 34.4 Å². The van der Waals surface area contributed by atoms with Crippen LogP contribution >= 0.6 is 11.5 Å². The molecule has 2 rings (SSSR count). The Hall–Kier alpha value is -2.03. The van der Waals surface area contributed by atoms with E-state index in [-0.39, 0.29) is 11.9 Å². The number of esters is 1. The average molecular weight is 314 g/mol. The molecule has 9 heteroatoms. The molecule has 2 N–H and O–H groups in total. The molecular weight excluding hydrogens is 296 g/mol. The van der Waals surface area contributed by atoms with Gasteiger partial charge in [0.05, 0.1) is 13.7 Å². The summed E-state index contributed by atoms with van der Waals surface area (Å²) >= 11 is 1.16. The first kappa shape index (κ1) is 15.4. The van der Waals surface area contributed by atoms with E-state index in [1.807, 2.05) is 4.90 Å². The van der Waals surface area contributed by atoms with E-state index in [4.69, 9.17) is 15.2 Å². The highest BCUT2D eigenvalue weighted by molar-refractivity contribution is 7.11. The van der Waals surface area contributed by atoms with E-state index in [2.05, 4.69) is 4.37 Å². The predicted molar refractivity (Wildman–Crippen MR) is 78.7 cm³/mol. The van der Waals surface area contributed by atoms with E-state index in [1.54, 1.807) is 11.8 Å². The normalized spacial score (nSPS) is 15.0. The van der Waals surface area contributed by atoms with E-state index in [0.29, 0.717) is 43.4 Å². The summed E-state index contributed by atoms with van der Waals surface area (Å²) in [6.07, 6.45) is -0.311. The zero-order chi connectivity index (χ0) is 15.4. The second-order valence-electron chi connectivity index (χ2n) is 4.41. The maximum atomic E-state index is 11.8. The van der Waals surface area contributed by atoms with Crippen molar-refractivity contribution in [3.05, 3.63) is 5.56 Å². The molecule has 0 saturated carbocycles. The Morgan fingerprint density at radius 3 is 2.57 bits per heavy atom. The van der Waals surface area contributed by atoms with Crippen LogP contribution in [0.4, 0.5) is 15.6 Å². The highest BCUT2D eigenvalue weighted by Crippen LogP contribution is 2.31. The van der Waals surface area contributed by atoms with E-state index in [1.165, 1.54) is 7.11 Å². The fraction of sp³-hybridized carbons (Fsp3) is 0.583. The number of nitrogens with zero attached hydrogens (tertiary/aromatic N) is 3. The molecule has 1 aliphatic rings. The third-order valence-electron chi connectivity index (χ3n) is 3.18. The number of carbonyl (C=O) groups excluding carboxylic acids is 2. The molecule has 0 aliphatic carbocycles. The van der Waals surface area contributed by atoms with Crippen LogP contribution in [0.1, 0.15) is 17.3 Å². The van der Waals surface area contributed by atoms with Crippen LogP contribution in [-0.4, -0.2) is 61.2 Å². The molecule has 1 aromatic rings. The van der Waals surface area contributed by atoms with Crippen LogP contribution < -0.4 is 10.6 Å². The van der Waals surface area contributed by atoms with Gasteiger partial charge in [-0.3, -0.25) is 0 Å². The number of rotatable bonds is 3. The van der Waals surface area contributed by atoms with Gasteiger partial charge in [-0.1, -0.05) is 0 Å². The first-order valence-corrected chi connectivity index (χ1v) is 7.36. The van der Waals surface area contributed by atoms with Crippen molar-refractivity contribution in [1.29, 1.82) is 0 Å². The number of piperazine rings is 1. The van der Waals surface area contributed by atoms with Crippen LogP contribution in [0.25, 0.3) is 0 Å². The quantitative estimate of drug-likeness (QED) is 0.824. The summed E-state index contributed by atoms with van der Waals surface area (Å²) in [7, 11) is 1.31. The van der Waals surface area contributed by atoms with Gasteiger partial charge in [0.2, 0.25) is 0 Å². The van der Waals surface area contributed by atoms with Crippen molar-refractivity contribution in [3.8, 4) is 0 Å². The monoisotopic (exact) mass is 314 g/mol. The first-order valence-electron chi connectivity index (χ1n) is 6.58. The first-order chi connectivity index (χ1) is 10.1. The van der Waals surface area contributed by atoms with Gasteiger partial charge in [0.25, 0.3) is 0 Å². The fourth-order valence-electron chi connectivity index (χ4n) is 2.11. The van der Waals surface area contributed by atoms with Gasteiger partial charge in [0, 0.05) is 26.2 Å². The molecule has 2 heterocycles. The smallest absolute Gasteiger partial charge is 0.409 e. The predicted octanol–water partition coefficient (Wildman–Crippen LogP) is 0.790. The second-order valence-corrected chi connectivity index (χ2v) is 5.16. The van der Waals surface area contributed by atoms with E-state index in [9.17, 15) is 9.59 Å². The third kappa shape index (κ3) is 3.18. The van der Waals surface area contributed by atoms with Gasteiger partial charge >= 0.3 is 12.1 Å². The average Bonchev–Trinajstić information content (AvgIpc) is 2.88. The molecule has 1 amide bonds. The molecule has 1 fully saturated rings. The summed E-state index contributed by atoms with van der Waals surface area (Å²) in [6, 6.07) is 0. The summed E-state index contributed by atoms with van der Waals surface area (Å²) in [4.78, 5) is 27.0. The lowest BCUT2D eigenvalue weighted by Gasteiger charge is -2.34. The van der Waals surface area contributed by atoms with Gasteiger partial charge in [-0.2, -0.15) is 4.37 Å². The SMILES string of the molecule is CCOC(=O)N1CCN(c2snc(N)c2C(=O)OC)CC1. The fourth-order valence-corrected chi connectivity index (χ4v) is 2.96. The summed E-state index contributed by atoms with van der Waals surface area (Å²) in [6.45, 7) is 4.36. The Balaban J connectivity index is 2.06. The Morgan fingerprint density at radius 2 is 2.00 bits per heavy atom. The molecule has 0 radical (unpaired) electrons. The van der Waals surface area contributed by atoms with Gasteiger partial charge in [-0.05, 0) is 18.5 Å². The van der Waals surface area contributed by atoms with E-state index < -0.39 is 5.97 Å². The lowest BCUT2D eigenvalue weighted by atomic mass is 10.2. The zero-order valence-electron chi connectivity index (χ0n) is 12.0. The second kappa shape index (κ2) is 6.61. The molecule has 1 aromatic heterocycles. The number of nitrogens with two attached hydrogens (primary N) is 1. The number of amides is 1. The maximum absolute atomic E-state index is 11.8. The molecule has 116 valence electrons. The number of methoxy groups -OCH3 is 1. The number of anilines is 2. The van der Waals surface area contributed by atoms with E-state index in [0.717, 1.165) is 11.5 Å².